The predicted octanol–water partition coefficient (Wildman–Crippen LogP) is 5.25. The summed E-state index contributed by atoms with van der Waals surface area (Å²) in [6, 6.07) is 8.45. The van der Waals surface area contributed by atoms with Crippen molar-refractivity contribution in [3.05, 3.63) is 64.5 Å². The first-order valence-corrected chi connectivity index (χ1v) is 6.94. The van der Waals surface area contributed by atoms with Crippen molar-refractivity contribution in [3.63, 3.8) is 0 Å². The molecule has 0 amide bonds. The maximum atomic E-state index is 12.6. The monoisotopic (exact) mass is 348 g/mol. The third-order valence-electron chi connectivity index (χ3n) is 2.51. The minimum atomic E-state index is -2.31. The smallest absolute Gasteiger partial charge is 0.298 e. The summed E-state index contributed by atoms with van der Waals surface area (Å²) >= 11 is 0. The molecule has 2 aromatic rings. The Labute approximate surface area is 136 Å². The van der Waals surface area contributed by atoms with Crippen LogP contribution in [0.1, 0.15) is 25.0 Å². The molecule has 7 heteroatoms. The van der Waals surface area contributed by atoms with Crippen molar-refractivity contribution in [2.45, 2.75) is 27.7 Å². The van der Waals surface area contributed by atoms with Crippen LogP contribution in [0.4, 0.5) is 22.0 Å². The third-order valence-corrected chi connectivity index (χ3v) is 2.51. The van der Waals surface area contributed by atoms with Crippen LogP contribution in [0.25, 0.3) is 0 Å². The fourth-order valence-corrected chi connectivity index (χ4v) is 1.54. The highest BCUT2D eigenvalue weighted by Crippen LogP contribution is 2.28. The molecule has 0 bridgehead atoms. The number of carbonyl (C=O) groups excluding carboxylic acids is 1. The summed E-state index contributed by atoms with van der Waals surface area (Å²) < 4.78 is 65.9. The molecule has 0 spiro atoms. The Morgan fingerprint density at radius 1 is 0.792 bits per heavy atom. The second-order valence-corrected chi connectivity index (χ2v) is 4.27. The molecular weight excluding hydrogens is 331 g/mol. The van der Waals surface area contributed by atoms with Gasteiger partial charge in [0.05, 0.1) is 0 Å². The van der Waals surface area contributed by atoms with Gasteiger partial charge in [-0.15, -0.1) is 0 Å². The molecule has 2 aromatic carbocycles. The summed E-state index contributed by atoms with van der Waals surface area (Å²) in [4.78, 5) is 9.69. The van der Waals surface area contributed by atoms with Crippen LogP contribution in [0.5, 0.6) is 5.75 Å². The van der Waals surface area contributed by atoms with Gasteiger partial charge in [0.25, 0.3) is 6.47 Å². The van der Waals surface area contributed by atoms with Crippen LogP contribution in [-0.4, -0.2) is 6.47 Å². The average Bonchev–Trinajstić information content (AvgIpc) is 2.57. The number of carbonyl (C=O) groups is 1. The van der Waals surface area contributed by atoms with Crippen LogP contribution in [0, 0.1) is 42.9 Å². The van der Waals surface area contributed by atoms with E-state index in [1.165, 1.54) is 11.1 Å². The van der Waals surface area contributed by atoms with Gasteiger partial charge in [-0.25, -0.2) is 13.2 Å². The van der Waals surface area contributed by atoms with Crippen LogP contribution in [-0.2, 0) is 4.79 Å². The van der Waals surface area contributed by atoms with Crippen LogP contribution in [0.3, 0.4) is 0 Å². The zero-order chi connectivity index (χ0) is 18.9. The number of ether oxygens (including phenoxy) is 1. The first kappa shape index (κ1) is 21.6. The minimum Gasteiger partial charge on any atom is -0.422 e. The van der Waals surface area contributed by atoms with Crippen molar-refractivity contribution in [3.8, 4) is 5.75 Å². The first-order valence-electron chi connectivity index (χ1n) is 6.94. The van der Waals surface area contributed by atoms with Crippen molar-refractivity contribution in [1.82, 2.24) is 0 Å². The van der Waals surface area contributed by atoms with E-state index >= 15 is 0 Å². The van der Waals surface area contributed by atoms with Crippen molar-refractivity contribution < 1.29 is 31.5 Å². The summed E-state index contributed by atoms with van der Waals surface area (Å²) in [5, 5.41) is 0. The highest BCUT2D eigenvalue weighted by atomic mass is 19.2. The lowest BCUT2D eigenvalue weighted by Gasteiger charge is -2.04. The van der Waals surface area contributed by atoms with Gasteiger partial charge >= 0.3 is 0 Å². The fourth-order valence-electron chi connectivity index (χ4n) is 1.54. The highest BCUT2D eigenvalue weighted by Gasteiger charge is 2.26. The van der Waals surface area contributed by atoms with Crippen molar-refractivity contribution in [1.29, 1.82) is 0 Å². The van der Waals surface area contributed by atoms with Crippen molar-refractivity contribution >= 4 is 6.47 Å². The molecular formula is C17H17F5O2. The van der Waals surface area contributed by atoms with Gasteiger partial charge in [-0.3, -0.25) is 4.79 Å². The molecule has 24 heavy (non-hydrogen) atoms. The van der Waals surface area contributed by atoms with E-state index in [4.69, 9.17) is 0 Å². The summed E-state index contributed by atoms with van der Waals surface area (Å²) in [5.74, 6) is -12.6. The largest absolute Gasteiger partial charge is 0.422 e. The third kappa shape index (κ3) is 5.64. The minimum absolute atomic E-state index is 0.446. The van der Waals surface area contributed by atoms with E-state index in [9.17, 15) is 26.7 Å². The summed E-state index contributed by atoms with van der Waals surface area (Å²) in [6.07, 6.45) is 0. The number of hydrogen-bond acceptors (Lipinski definition) is 2. The van der Waals surface area contributed by atoms with Gasteiger partial charge in [-0.05, 0) is 13.8 Å². The normalized spacial score (nSPS) is 9.21. The van der Waals surface area contributed by atoms with Crippen LogP contribution in [0.2, 0.25) is 0 Å². The Morgan fingerprint density at radius 2 is 1.17 bits per heavy atom. The lowest BCUT2D eigenvalue weighted by molar-refractivity contribution is -0.121. The van der Waals surface area contributed by atoms with E-state index in [1.54, 1.807) is 0 Å². The molecule has 0 aromatic heterocycles. The van der Waals surface area contributed by atoms with Gasteiger partial charge < -0.3 is 4.74 Å². The van der Waals surface area contributed by atoms with Crippen LogP contribution in [0.15, 0.2) is 24.3 Å². The average molecular weight is 348 g/mol. The molecule has 0 radical (unpaired) electrons. The number of hydrogen-bond donors (Lipinski definition) is 0. The molecule has 0 aliphatic carbocycles. The number of aryl methyl sites for hydroxylation is 2. The molecule has 0 aliphatic rings. The molecule has 0 atom stereocenters. The molecule has 0 aliphatic heterocycles. The molecule has 0 saturated heterocycles. The number of halogens is 5. The fraction of sp³-hybridized carbons (Fsp3) is 0.235. The van der Waals surface area contributed by atoms with Gasteiger partial charge in [0.1, 0.15) is 0 Å². The molecule has 2 nitrogen and oxygen atoms in total. The summed E-state index contributed by atoms with van der Waals surface area (Å²) in [5.41, 5.74) is 2.68. The predicted molar refractivity (Wildman–Crippen MR) is 80.2 cm³/mol. The van der Waals surface area contributed by atoms with Crippen LogP contribution < -0.4 is 4.74 Å². The summed E-state index contributed by atoms with van der Waals surface area (Å²) in [6.45, 7) is 7.76. The molecule has 0 heterocycles. The molecule has 0 unspecified atom stereocenters. The second-order valence-electron chi connectivity index (χ2n) is 4.27. The summed E-state index contributed by atoms with van der Waals surface area (Å²) in [7, 11) is 0. The van der Waals surface area contributed by atoms with E-state index in [1.807, 2.05) is 13.8 Å². The topological polar surface area (TPSA) is 26.3 Å². The first-order chi connectivity index (χ1) is 11.3. The van der Waals surface area contributed by atoms with Crippen molar-refractivity contribution in [2.24, 2.45) is 0 Å². The molecule has 0 fully saturated rings. The van der Waals surface area contributed by atoms with Gasteiger partial charge in [-0.2, -0.15) is 8.78 Å². The van der Waals surface area contributed by atoms with Gasteiger partial charge in [0.2, 0.25) is 34.8 Å². The molecule has 0 saturated carbocycles. The Balaban J connectivity index is 0.000000447. The quantitative estimate of drug-likeness (QED) is 0.321. The van der Waals surface area contributed by atoms with Crippen molar-refractivity contribution in [2.75, 3.05) is 0 Å². The van der Waals surface area contributed by atoms with E-state index < -0.39 is 41.3 Å². The SMILES string of the molecule is CC.Cc1cccc(C)c1.O=COc1c(F)c(F)c(F)c(F)c1F. The lowest BCUT2D eigenvalue weighted by atomic mass is 10.2. The molecule has 2 rings (SSSR count). The maximum Gasteiger partial charge on any atom is 0.298 e. The van der Waals surface area contributed by atoms with E-state index in [-0.39, 0.29) is 0 Å². The molecule has 132 valence electrons. The number of benzene rings is 2. The Kier molecular flexibility index (Phi) is 9.30. The van der Waals surface area contributed by atoms with Gasteiger partial charge in [0.15, 0.2) is 0 Å². The standard InChI is InChI=1S/C8H10.C7HF5O2.C2H6/c1-7-4-3-5-8(2)6-7;8-2-3(9)5(11)7(14-1-13)6(12)4(2)10;1-2/h3-6H,1-2H3;1H;1-2H3. The number of rotatable bonds is 2. The van der Waals surface area contributed by atoms with Gasteiger partial charge in [0, 0.05) is 0 Å². The van der Waals surface area contributed by atoms with E-state index in [0.29, 0.717) is 0 Å². The van der Waals surface area contributed by atoms with Gasteiger partial charge in [-0.1, -0.05) is 49.2 Å². The second kappa shape index (κ2) is 10.4. The highest BCUT2D eigenvalue weighted by molar-refractivity contribution is 5.46. The zero-order valence-corrected chi connectivity index (χ0v) is 13.6. The van der Waals surface area contributed by atoms with E-state index in [2.05, 4.69) is 42.8 Å². The Morgan fingerprint density at radius 3 is 1.46 bits per heavy atom. The lowest BCUT2D eigenvalue weighted by Crippen LogP contribution is -2.05. The van der Waals surface area contributed by atoms with E-state index in [0.717, 1.165) is 0 Å². The maximum absolute atomic E-state index is 12.6. The molecule has 0 N–H and O–H groups in total. The Bertz CT molecular complexity index is 641. The van der Waals surface area contributed by atoms with Crippen LogP contribution >= 0.6 is 0 Å². The Hall–Kier alpha value is -2.44. The zero-order valence-electron chi connectivity index (χ0n) is 13.6.